The number of carbonyl (C=O) groups excluding carboxylic acids is 1. The third-order valence-electron chi connectivity index (χ3n) is 5.77. The summed E-state index contributed by atoms with van der Waals surface area (Å²) in [6, 6.07) is 8.62. The van der Waals surface area contributed by atoms with E-state index in [4.69, 9.17) is 0 Å². The Balaban J connectivity index is 1.29. The Kier molecular flexibility index (Phi) is 7.32. The predicted molar refractivity (Wildman–Crippen MR) is 106 cm³/mol. The van der Waals surface area contributed by atoms with Crippen molar-refractivity contribution in [3.63, 3.8) is 0 Å². The van der Waals surface area contributed by atoms with E-state index in [2.05, 4.69) is 51.6 Å². The summed E-state index contributed by atoms with van der Waals surface area (Å²) in [6.45, 7) is 10.1. The standard InChI is InChI=1S/C21H34N4O/c1-2-24-14-16-25(17-15-24)13-6-5-12-22-21(26)23-20-11-7-9-18-8-3-4-10-19(18)20/h3-4,8,10,20H,2,5-7,9,11-17H2,1H3,(H2,22,23,26)/t20-/m0/s1. The molecule has 1 heterocycles. The lowest BCUT2D eigenvalue weighted by molar-refractivity contribution is 0.135. The number of aryl methyl sites for hydroxylation is 1. The molecule has 1 atom stereocenters. The number of amides is 2. The van der Waals surface area contributed by atoms with Crippen LogP contribution in [-0.4, -0.2) is 61.6 Å². The molecule has 3 rings (SSSR count). The van der Waals surface area contributed by atoms with Crippen molar-refractivity contribution < 1.29 is 4.79 Å². The van der Waals surface area contributed by atoms with E-state index in [9.17, 15) is 4.79 Å². The molecule has 1 aliphatic carbocycles. The topological polar surface area (TPSA) is 47.6 Å². The van der Waals surface area contributed by atoms with Gasteiger partial charge >= 0.3 is 6.03 Å². The quantitative estimate of drug-likeness (QED) is 0.737. The van der Waals surface area contributed by atoms with E-state index in [-0.39, 0.29) is 12.1 Å². The van der Waals surface area contributed by atoms with Crippen LogP contribution in [0.4, 0.5) is 4.79 Å². The molecule has 2 N–H and O–H groups in total. The van der Waals surface area contributed by atoms with Gasteiger partial charge in [0, 0.05) is 32.7 Å². The number of hydrogen-bond acceptors (Lipinski definition) is 3. The largest absolute Gasteiger partial charge is 0.338 e. The van der Waals surface area contributed by atoms with E-state index in [1.54, 1.807) is 0 Å². The summed E-state index contributed by atoms with van der Waals surface area (Å²) in [5.74, 6) is 0. The maximum absolute atomic E-state index is 12.2. The molecule has 1 aromatic carbocycles. The number of unbranched alkanes of at least 4 members (excludes halogenated alkanes) is 1. The van der Waals surface area contributed by atoms with Gasteiger partial charge < -0.3 is 20.4 Å². The monoisotopic (exact) mass is 358 g/mol. The van der Waals surface area contributed by atoms with Gasteiger partial charge in [-0.1, -0.05) is 31.2 Å². The molecule has 5 heteroatoms. The Morgan fingerprint density at radius 1 is 1.12 bits per heavy atom. The average molecular weight is 359 g/mol. The summed E-state index contributed by atoms with van der Waals surface area (Å²) in [5.41, 5.74) is 2.67. The third-order valence-corrected chi connectivity index (χ3v) is 5.77. The summed E-state index contributed by atoms with van der Waals surface area (Å²) in [5, 5.41) is 6.20. The Labute approximate surface area is 158 Å². The molecule has 5 nitrogen and oxygen atoms in total. The summed E-state index contributed by atoms with van der Waals surface area (Å²) >= 11 is 0. The highest BCUT2D eigenvalue weighted by molar-refractivity contribution is 5.74. The molecule has 2 aliphatic rings. The molecule has 1 fully saturated rings. The molecule has 2 amide bonds. The zero-order chi connectivity index (χ0) is 18.2. The van der Waals surface area contributed by atoms with Gasteiger partial charge in [0.15, 0.2) is 0 Å². The first-order valence-electron chi connectivity index (χ1n) is 10.3. The van der Waals surface area contributed by atoms with Crippen molar-refractivity contribution in [2.24, 2.45) is 0 Å². The second-order valence-corrected chi connectivity index (χ2v) is 7.53. The van der Waals surface area contributed by atoms with Crippen molar-refractivity contribution in [3.05, 3.63) is 35.4 Å². The summed E-state index contributed by atoms with van der Waals surface area (Å²) < 4.78 is 0. The minimum Gasteiger partial charge on any atom is -0.338 e. The summed E-state index contributed by atoms with van der Waals surface area (Å²) in [4.78, 5) is 17.3. The molecular formula is C21H34N4O. The van der Waals surface area contributed by atoms with E-state index in [1.807, 2.05) is 0 Å². The second kappa shape index (κ2) is 9.93. The molecular weight excluding hydrogens is 324 g/mol. The average Bonchev–Trinajstić information content (AvgIpc) is 2.68. The zero-order valence-electron chi connectivity index (χ0n) is 16.2. The first-order chi connectivity index (χ1) is 12.8. The molecule has 0 radical (unpaired) electrons. The molecule has 0 spiro atoms. The maximum atomic E-state index is 12.2. The zero-order valence-corrected chi connectivity index (χ0v) is 16.2. The fraction of sp³-hybridized carbons (Fsp3) is 0.667. The molecule has 26 heavy (non-hydrogen) atoms. The smallest absolute Gasteiger partial charge is 0.315 e. The van der Waals surface area contributed by atoms with Gasteiger partial charge in [0.25, 0.3) is 0 Å². The van der Waals surface area contributed by atoms with E-state index >= 15 is 0 Å². The third kappa shape index (κ3) is 5.45. The van der Waals surface area contributed by atoms with Gasteiger partial charge in [0.2, 0.25) is 0 Å². The first-order valence-corrected chi connectivity index (χ1v) is 10.3. The lowest BCUT2D eigenvalue weighted by Crippen LogP contribution is -2.46. The molecule has 144 valence electrons. The van der Waals surface area contributed by atoms with Crippen LogP contribution in [0.15, 0.2) is 24.3 Å². The molecule has 0 aromatic heterocycles. The number of benzene rings is 1. The molecule has 0 saturated carbocycles. The number of nitrogens with zero attached hydrogens (tertiary/aromatic N) is 2. The van der Waals surface area contributed by atoms with Gasteiger partial charge in [-0.05, 0) is 56.3 Å². The minimum atomic E-state index is -0.0248. The Hall–Kier alpha value is -1.59. The van der Waals surface area contributed by atoms with Gasteiger partial charge in [-0.25, -0.2) is 4.79 Å². The maximum Gasteiger partial charge on any atom is 0.315 e. The van der Waals surface area contributed by atoms with Crippen LogP contribution < -0.4 is 10.6 Å². The van der Waals surface area contributed by atoms with Crippen molar-refractivity contribution >= 4 is 6.03 Å². The Morgan fingerprint density at radius 3 is 2.69 bits per heavy atom. The predicted octanol–water partition coefficient (Wildman–Crippen LogP) is 2.78. The normalized spacial score (nSPS) is 21.2. The van der Waals surface area contributed by atoms with Gasteiger partial charge in [0.1, 0.15) is 0 Å². The van der Waals surface area contributed by atoms with Crippen molar-refractivity contribution in [1.82, 2.24) is 20.4 Å². The lowest BCUT2D eigenvalue weighted by Gasteiger charge is -2.34. The number of rotatable bonds is 7. The van der Waals surface area contributed by atoms with Gasteiger partial charge in [-0.2, -0.15) is 0 Å². The van der Waals surface area contributed by atoms with E-state index in [1.165, 1.54) is 43.9 Å². The highest BCUT2D eigenvalue weighted by atomic mass is 16.2. The number of likely N-dealkylation sites (N-methyl/N-ethyl adjacent to an activating group) is 1. The van der Waals surface area contributed by atoms with Crippen LogP contribution in [0.25, 0.3) is 0 Å². The van der Waals surface area contributed by atoms with Crippen LogP contribution in [0, 0.1) is 0 Å². The number of fused-ring (bicyclic) bond motifs is 1. The summed E-state index contributed by atoms with van der Waals surface area (Å²) in [6.07, 6.45) is 5.51. The molecule has 0 bridgehead atoms. The summed E-state index contributed by atoms with van der Waals surface area (Å²) in [7, 11) is 0. The highest BCUT2D eigenvalue weighted by Crippen LogP contribution is 2.29. The SMILES string of the molecule is CCN1CCN(CCCCNC(=O)N[C@H]2CCCc3ccccc32)CC1. The lowest BCUT2D eigenvalue weighted by atomic mass is 9.88. The van der Waals surface area contributed by atoms with Crippen LogP contribution in [0.5, 0.6) is 0 Å². The fourth-order valence-corrected chi connectivity index (χ4v) is 4.10. The number of nitrogens with one attached hydrogen (secondary N) is 2. The minimum absolute atomic E-state index is 0.0248. The molecule has 0 unspecified atom stereocenters. The highest BCUT2D eigenvalue weighted by Gasteiger charge is 2.21. The number of urea groups is 1. The first kappa shape index (κ1) is 19.2. The Bertz CT molecular complexity index is 569. The van der Waals surface area contributed by atoms with Crippen LogP contribution in [-0.2, 0) is 6.42 Å². The second-order valence-electron chi connectivity index (χ2n) is 7.53. The number of piperazine rings is 1. The Morgan fingerprint density at radius 2 is 1.88 bits per heavy atom. The van der Waals surface area contributed by atoms with Crippen molar-refractivity contribution in [2.45, 2.75) is 45.1 Å². The van der Waals surface area contributed by atoms with Crippen molar-refractivity contribution in [1.29, 1.82) is 0 Å². The van der Waals surface area contributed by atoms with E-state index in [0.29, 0.717) is 0 Å². The van der Waals surface area contributed by atoms with E-state index in [0.717, 1.165) is 45.2 Å². The van der Waals surface area contributed by atoms with Crippen LogP contribution in [0.2, 0.25) is 0 Å². The number of hydrogen-bond donors (Lipinski definition) is 2. The van der Waals surface area contributed by atoms with Gasteiger partial charge in [-0.15, -0.1) is 0 Å². The van der Waals surface area contributed by atoms with Gasteiger partial charge in [0.05, 0.1) is 6.04 Å². The molecule has 1 aromatic rings. The molecule has 1 aliphatic heterocycles. The molecule has 1 saturated heterocycles. The van der Waals surface area contributed by atoms with Crippen LogP contribution >= 0.6 is 0 Å². The van der Waals surface area contributed by atoms with Gasteiger partial charge in [-0.3, -0.25) is 0 Å². The van der Waals surface area contributed by atoms with Crippen LogP contribution in [0.1, 0.15) is 49.8 Å². The van der Waals surface area contributed by atoms with Crippen molar-refractivity contribution in [2.75, 3.05) is 45.8 Å². The number of carbonyl (C=O) groups is 1. The fourth-order valence-electron chi connectivity index (χ4n) is 4.10. The van der Waals surface area contributed by atoms with Crippen LogP contribution in [0.3, 0.4) is 0 Å². The van der Waals surface area contributed by atoms with Crippen molar-refractivity contribution in [3.8, 4) is 0 Å². The van der Waals surface area contributed by atoms with E-state index < -0.39 is 0 Å².